The normalized spacial score (nSPS) is 28.4. The summed E-state index contributed by atoms with van der Waals surface area (Å²) in [6, 6.07) is 3.44. The van der Waals surface area contributed by atoms with Crippen LogP contribution in [-0.4, -0.2) is 104 Å². The summed E-state index contributed by atoms with van der Waals surface area (Å²) in [5.41, 5.74) is -0.572. The monoisotopic (exact) mass is 798 g/mol. The number of nitrogens with one attached hydrogen (secondary N) is 2. The van der Waals surface area contributed by atoms with Crippen LogP contribution < -0.4 is 20.1 Å². The molecule has 1 saturated heterocycles. The van der Waals surface area contributed by atoms with Crippen molar-refractivity contribution in [2.24, 2.45) is 23.2 Å². The number of hydrogen-bond acceptors (Lipinski definition) is 11. The van der Waals surface area contributed by atoms with Gasteiger partial charge in [0.1, 0.15) is 53.0 Å². The molecule has 15 heteroatoms. The van der Waals surface area contributed by atoms with Gasteiger partial charge in [-0.05, 0) is 73.8 Å². The Balaban J connectivity index is 1.16. The van der Waals surface area contributed by atoms with Crippen molar-refractivity contribution in [1.82, 2.24) is 20.5 Å². The zero-order chi connectivity index (χ0) is 40.1. The van der Waals surface area contributed by atoms with E-state index in [0.29, 0.717) is 52.1 Å². The number of alkyl carbamates (subject to hydrolysis) is 1. The Morgan fingerprint density at radius 1 is 1.00 bits per heavy atom. The van der Waals surface area contributed by atoms with Gasteiger partial charge in [0.15, 0.2) is 6.29 Å². The minimum absolute atomic E-state index is 0.0432. The van der Waals surface area contributed by atoms with Crippen molar-refractivity contribution >= 4 is 46.4 Å². The minimum Gasteiger partial charge on any atom is -0.488 e. The third-order valence-electron chi connectivity index (χ3n) is 12.2. The fourth-order valence-electron chi connectivity index (χ4n) is 8.60. The molecule has 2 aromatic rings. The summed E-state index contributed by atoms with van der Waals surface area (Å²) in [5, 5.41) is 6.78. The number of hydrogen-bond donors (Lipinski definition) is 2. The number of carbonyl (C=O) groups is 4. The van der Waals surface area contributed by atoms with Gasteiger partial charge in [-0.3, -0.25) is 14.6 Å². The highest BCUT2D eigenvalue weighted by Crippen LogP contribution is 2.52. The molecule has 7 rings (SSSR count). The first-order valence-corrected chi connectivity index (χ1v) is 20.2. The second-order valence-electron chi connectivity index (χ2n) is 17.2. The summed E-state index contributed by atoms with van der Waals surface area (Å²) in [6.45, 7) is 7.68. The maximum Gasteiger partial charge on any atom is 0.408 e. The zero-order valence-corrected chi connectivity index (χ0v) is 34.1. The van der Waals surface area contributed by atoms with Crippen molar-refractivity contribution in [3.63, 3.8) is 0 Å². The summed E-state index contributed by atoms with van der Waals surface area (Å²) in [4.78, 5) is 61.7. The molecule has 2 N–H and O–H groups in total. The van der Waals surface area contributed by atoms with Crippen LogP contribution in [0.15, 0.2) is 18.2 Å². The third-order valence-corrected chi connectivity index (χ3v) is 12.6. The molecule has 3 amide bonds. The molecule has 5 aliphatic rings. The van der Waals surface area contributed by atoms with E-state index in [1.165, 1.54) is 32.7 Å². The van der Waals surface area contributed by atoms with E-state index in [1.807, 2.05) is 39.8 Å². The Morgan fingerprint density at radius 3 is 2.32 bits per heavy atom. The highest BCUT2D eigenvalue weighted by atomic mass is 35.5. The summed E-state index contributed by atoms with van der Waals surface area (Å²) in [5.74, 6) is 0.879. The first-order valence-electron chi connectivity index (χ1n) is 19.9. The second kappa shape index (κ2) is 15.8. The number of nitrogens with zero attached hydrogens (tertiary/aromatic N) is 2. The van der Waals surface area contributed by atoms with Gasteiger partial charge in [-0.1, -0.05) is 45.7 Å². The Bertz CT molecular complexity index is 1840. The van der Waals surface area contributed by atoms with Crippen LogP contribution in [0.25, 0.3) is 10.9 Å². The van der Waals surface area contributed by atoms with Gasteiger partial charge < -0.3 is 44.0 Å². The number of esters is 1. The molecule has 5 fully saturated rings. The first kappa shape index (κ1) is 40.3. The minimum atomic E-state index is -1.16. The lowest BCUT2D eigenvalue weighted by Crippen LogP contribution is -2.59. The van der Waals surface area contributed by atoms with Crippen molar-refractivity contribution in [1.29, 1.82) is 0 Å². The van der Waals surface area contributed by atoms with Crippen LogP contribution in [0.1, 0.15) is 90.7 Å². The Labute approximate surface area is 332 Å². The summed E-state index contributed by atoms with van der Waals surface area (Å²) in [7, 11) is 4.35. The SMILES string of the molecule is CC[C@@H]1C[C@]1(NC(=O)C1C[C@@H](Oc2cc(C3CC3)nc3c(Cl)c(OCC(OC)OC)ccc23)CN1C(=O)[C@@H](NC(=O)OC1C[C@@H]2C[C@@H]2C1)C(C)(C)C)C(=O)OC. The van der Waals surface area contributed by atoms with Crippen LogP contribution >= 0.6 is 11.6 Å². The largest absolute Gasteiger partial charge is 0.488 e. The van der Waals surface area contributed by atoms with Crippen molar-refractivity contribution in [3.8, 4) is 11.5 Å². The number of pyridine rings is 1. The van der Waals surface area contributed by atoms with Gasteiger partial charge in [0.2, 0.25) is 11.8 Å². The van der Waals surface area contributed by atoms with Crippen molar-refractivity contribution < 1.29 is 47.6 Å². The summed E-state index contributed by atoms with van der Waals surface area (Å²) in [6.07, 6.45) is 4.03. The van der Waals surface area contributed by atoms with Crippen molar-refractivity contribution in [2.75, 3.05) is 34.5 Å². The quantitative estimate of drug-likeness (QED) is 0.173. The Kier molecular flexibility index (Phi) is 11.4. The van der Waals surface area contributed by atoms with Crippen molar-refractivity contribution in [2.45, 2.75) is 121 Å². The molecular formula is C41H55ClN4O10. The van der Waals surface area contributed by atoms with Crippen LogP contribution in [0.5, 0.6) is 11.5 Å². The van der Waals surface area contributed by atoms with Crippen LogP contribution in [-0.2, 0) is 33.3 Å². The third kappa shape index (κ3) is 8.24. The fourth-order valence-corrected chi connectivity index (χ4v) is 8.87. The number of ether oxygens (including phenoxy) is 6. The zero-order valence-electron chi connectivity index (χ0n) is 33.4. The number of methoxy groups -OCH3 is 3. The molecule has 0 bridgehead atoms. The number of aromatic nitrogens is 1. The number of fused-ring (bicyclic) bond motifs is 2. The molecule has 306 valence electrons. The second-order valence-corrected chi connectivity index (χ2v) is 17.6. The molecule has 56 heavy (non-hydrogen) atoms. The molecular weight excluding hydrogens is 744 g/mol. The van der Waals surface area contributed by atoms with E-state index in [0.717, 1.165) is 31.4 Å². The molecule has 0 spiro atoms. The van der Waals surface area contributed by atoms with Gasteiger partial charge in [0, 0.05) is 43.7 Å². The number of carbonyl (C=O) groups excluding carboxylic acids is 4. The van der Waals surface area contributed by atoms with E-state index >= 15 is 0 Å². The van der Waals surface area contributed by atoms with Gasteiger partial charge in [-0.25, -0.2) is 9.59 Å². The molecule has 2 unspecified atom stereocenters. The Hall–Kier alpha value is -3.88. The predicted molar refractivity (Wildman–Crippen MR) is 205 cm³/mol. The van der Waals surface area contributed by atoms with E-state index in [2.05, 4.69) is 10.6 Å². The van der Waals surface area contributed by atoms with Gasteiger partial charge in [-0.2, -0.15) is 0 Å². The Morgan fingerprint density at radius 2 is 1.71 bits per heavy atom. The van der Waals surface area contributed by atoms with Crippen LogP contribution in [0.4, 0.5) is 4.79 Å². The topological polar surface area (TPSA) is 164 Å². The molecule has 2 heterocycles. The molecule has 1 aliphatic heterocycles. The maximum atomic E-state index is 14.7. The number of amides is 3. The maximum absolute atomic E-state index is 14.7. The lowest BCUT2D eigenvalue weighted by atomic mass is 9.85. The number of benzene rings is 1. The van der Waals surface area contributed by atoms with E-state index < -0.39 is 59.3 Å². The van der Waals surface area contributed by atoms with Gasteiger partial charge in [-0.15, -0.1) is 0 Å². The lowest BCUT2D eigenvalue weighted by molar-refractivity contribution is -0.148. The number of likely N-dealkylation sites (tertiary alicyclic amines) is 1. The van der Waals surface area contributed by atoms with Crippen LogP contribution in [0.2, 0.25) is 5.02 Å². The highest BCUT2D eigenvalue weighted by molar-refractivity contribution is 6.36. The van der Waals surface area contributed by atoms with E-state index in [-0.39, 0.29) is 37.5 Å². The van der Waals surface area contributed by atoms with E-state index in [9.17, 15) is 19.2 Å². The van der Waals surface area contributed by atoms with E-state index in [4.69, 9.17) is 45.0 Å². The van der Waals surface area contributed by atoms with Gasteiger partial charge >= 0.3 is 12.1 Å². The molecule has 14 nitrogen and oxygen atoms in total. The summed E-state index contributed by atoms with van der Waals surface area (Å²) >= 11 is 6.92. The van der Waals surface area contributed by atoms with Gasteiger partial charge in [0.25, 0.3) is 0 Å². The van der Waals surface area contributed by atoms with Crippen LogP contribution in [0.3, 0.4) is 0 Å². The molecule has 8 atom stereocenters. The standard InChI is InChI=1S/C41H55ClN4O10/c1-8-24-18-41(24,38(49)53-7)45-36(47)29-16-26(19-46(29)37(48)35(40(2,3)4)44-39(50)56-25-14-22-13-23(22)15-25)55-31-17-28(21-9-10-21)43-34-27(31)11-12-30(33(34)42)54-20-32(51-5)52-6/h11-12,17,21-26,29,32,35H,8-10,13-16,18-20H2,1-7H3,(H,44,50)(H,45,47)/t22-,23+,24-,25?,26-,29?,35-,41-/m1/s1. The molecule has 1 aromatic heterocycles. The van der Waals surface area contributed by atoms with Gasteiger partial charge in [0.05, 0.1) is 19.2 Å². The molecule has 4 saturated carbocycles. The van der Waals surface area contributed by atoms with E-state index in [1.54, 1.807) is 6.07 Å². The van der Waals surface area contributed by atoms with Crippen molar-refractivity contribution in [3.05, 3.63) is 28.9 Å². The first-order chi connectivity index (χ1) is 26.7. The number of rotatable bonds is 15. The molecule has 1 aromatic carbocycles. The average Bonchev–Trinajstić information content (AvgIpc) is 4.13. The number of halogens is 1. The average molecular weight is 799 g/mol. The van der Waals surface area contributed by atoms with Crippen LogP contribution in [0, 0.1) is 23.2 Å². The molecule has 4 aliphatic carbocycles. The highest BCUT2D eigenvalue weighted by Gasteiger charge is 2.62. The predicted octanol–water partition coefficient (Wildman–Crippen LogP) is 5.51. The smallest absolute Gasteiger partial charge is 0.408 e. The molecule has 0 radical (unpaired) electrons. The lowest BCUT2D eigenvalue weighted by Gasteiger charge is -2.35. The summed E-state index contributed by atoms with van der Waals surface area (Å²) < 4.78 is 34.1. The fraction of sp³-hybridized carbons (Fsp3) is 0.683.